The van der Waals surface area contributed by atoms with Gasteiger partial charge in [0, 0.05) is 9.72 Å². The summed E-state index contributed by atoms with van der Waals surface area (Å²) in [6.07, 6.45) is -4.60. The Morgan fingerprint density at radius 2 is 2.00 bits per heavy atom. The average Bonchev–Trinajstić information content (AvgIpc) is 2.64. The summed E-state index contributed by atoms with van der Waals surface area (Å²) < 4.78 is 62.3. The molecule has 0 amide bonds. The van der Waals surface area contributed by atoms with E-state index in [-0.39, 0.29) is 4.21 Å². The Balaban J connectivity index is 2.44. The first-order chi connectivity index (χ1) is 9.10. The van der Waals surface area contributed by atoms with Crippen molar-refractivity contribution >= 4 is 43.0 Å². The molecule has 0 unspecified atom stereocenters. The SMILES string of the molecule is Cc1c(S(=O)(=O)NCC(F)(F)F)sc2ccc(Cl)cc12. The smallest absolute Gasteiger partial charge is 0.206 e. The lowest BCUT2D eigenvalue weighted by molar-refractivity contribution is -0.121. The third-order valence-electron chi connectivity index (χ3n) is 2.56. The van der Waals surface area contributed by atoms with Gasteiger partial charge in [-0.1, -0.05) is 11.6 Å². The van der Waals surface area contributed by atoms with Crippen molar-refractivity contribution in [3.8, 4) is 0 Å². The molecule has 0 atom stereocenters. The van der Waals surface area contributed by atoms with Crippen LogP contribution in [0.15, 0.2) is 22.4 Å². The summed E-state index contributed by atoms with van der Waals surface area (Å²) in [5.41, 5.74) is 0.391. The maximum atomic E-state index is 12.1. The summed E-state index contributed by atoms with van der Waals surface area (Å²) in [5.74, 6) is 0. The van der Waals surface area contributed by atoms with Crippen molar-refractivity contribution in [2.75, 3.05) is 6.54 Å². The highest BCUT2D eigenvalue weighted by molar-refractivity contribution is 7.91. The van der Waals surface area contributed by atoms with Crippen LogP contribution in [0.1, 0.15) is 5.56 Å². The standard InChI is InChI=1S/C11H9ClF3NO2S2/c1-6-8-4-7(12)2-3-9(8)19-10(6)20(17,18)16-5-11(13,14)15/h2-4,16H,5H2,1H3. The summed E-state index contributed by atoms with van der Waals surface area (Å²) >= 11 is 6.74. The van der Waals surface area contributed by atoms with E-state index in [9.17, 15) is 21.6 Å². The van der Waals surface area contributed by atoms with Gasteiger partial charge in [0.05, 0.1) is 0 Å². The monoisotopic (exact) mass is 343 g/mol. The molecule has 1 aromatic carbocycles. The quantitative estimate of drug-likeness (QED) is 0.923. The summed E-state index contributed by atoms with van der Waals surface area (Å²) in [7, 11) is -4.19. The predicted molar refractivity (Wildman–Crippen MR) is 72.8 cm³/mol. The van der Waals surface area contributed by atoms with Crippen molar-refractivity contribution in [1.82, 2.24) is 4.72 Å². The van der Waals surface area contributed by atoms with Gasteiger partial charge in [-0.3, -0.25) is 0 Å². The Morgan fingerprint density at radius 1 is 1.35 bits per heavy atom. The second-order valence-corrected chi connectivity index (χ2v) is 7.55. The minimum absolute atomic E-state index is 0.126. The fraction of sp³-hybridized carbons (Fsp3) is 0.273. The van der Waals surface area contributed by atoms with E-state index in [1.54, 1.807) is 22.9 Å². The topological polar surface area (TPSA) is 46.2 Å². The fourth-order valence-electron chi connectivity index (χ4n) is 1.67. The number of nitrogens with one attached hydrogen (secondary N) is 1. The van der Waals surface area contributed by atoms with Gasteiger partial charge in [-0.05, 0) is 36.1 Å². The molecule has 0 aliphatic carbocycles. The highest BCUT2D eigenvalue weighted by Gasteiger charge is 2.31. The average molecular weight is 344 g/mol. The molecule has 20 heavy (non-hydrogen) atoms. The molecular formula is C11H9ClF3NO2S2. The van der Waals surface area contributed by atoms with Crippen molar-refractivity contribution in [3.05, 3.63) is 28.8 Å². The summed E-state index contributed by atoms with van der Waals surface area (Å²) in [6, 6.07) is 4.82. The van der Waals surface area contributed by atoms with Crippen molar-refractivity contribution in [2.24, 2.45) is 0 Å². The Labute approximate surface area is 122 Å². The van der Waals surface area contributed by atoms with Gasteiger partial charge in [-0.2, -0.15) is 13.2 Å². The Hall–Kier alpha value is -0.830. The lowest BCUT2D eigenvalue weighted by Gasteiger charge is -2.08. The highest BCUT2D eigenvalue weighted by Crippen LogP contribution is 2.35. The van der Waals surface area contributed by atoms with E-state index in [0.717, 1.165) is 11.3 Å². The van der Waals surface area contributed by atoms with Gasteiger partial charge < -0.3 is 0 Å². The molecule has 1 heterocycles. The van der Waals surface area contributed by atoms with Gasteiger partial charge in [0.2, 0.25) is 0 Å². The van der Waals surface area contributed by atoms with Gasteiger partial charge in [0.15, 0.2) is 0 Å². The zero-order chi connectivity index (χ0) is 15.1. The Morgan fingerprint density at radius 3 is 2.60 bits per heavy atom. The fourth-order valence-corrected chi connectivity index (χ4v) is 4.65. The van der Waals surface area contributed by atoms with Crippen LogP contribution >= 0.6 is 22.9 Å². The Bertz CT molecular complexity index is 753. The van der Waals surface area contributed by atoms with Crippen molar-refractivity contribution in [1.29, 1.82) is 0 Å². The zero-order valence-electron chi connectivity index (χ0n) is 10.1. The lowest BCUT2D eigenvalue weighted by atomic mass is 10.2. The third kappa shape index (κ3) is 3.25. The summed E-state index contributed by atoms with van der Waals surface area (Å²) in [4.78, 5) is 0. The number of hydrogen-bond donors (Lipinski definition) is 1. The van der Waals surface area contributed by atoms with E-state index in [4.69, 9.17) is 11.6 Å². The van der Waals surface area contributed by atoms with Gasteiger partial charge >= 0.3 is 6.18 Å². The van der Waals surface area contributed by atoms with Crippen LogP contribution in [-0.4, -0.2) is 21.1 Å². The van der Waals surface area contributed by atoms with Crippen molar-refractivity contribution in [3.63, 3.8) is 0 Å². The van der Waals surface area contributed by atoms with Gasteiger partial charge in [-0.15, -0.1) is 11.3 Å². The molecule has 3 nitrogen and oxygen atoms in total. The number of hydrogen-bond acceptors (Lipinski definition) is 3. The summed E-state index contributed by atoms with van der Waals surface area (Å²) in [6.45, 7) is -0.0545. The third-order valence-corrected chi connectivity index (χ3v) is 6.09. The molecule has 0 spiro atoms. The van der Waals surface area contributed by atoms with Crippen LogP contribution in [0.2, 0.25) is 5.02 Å². The number of fused-ring (bicyclic) bond motifs is 1. The number of thiophene rings is 1. The molecular weight excluding hydrogens is 335 g/mol. The molecule has 2 aromatic rings. The van der Waals surface area contributed by atoms with E-state index in [1.165, 1.54) is 6.92 Å². The van der Waals surface area contributed by atoms with E-state index in [1.807, 2.05) is 0 Å². The number of aryl methyl sites for hydroxylation is 1. The van der Waals surface area contributed by atoms with Gasteiger partial charge in [-0.25, -0.2) is 13.1 Å². The molecule has 1 N–H and O–H groups in total. The lowest BCUT2D eigenvalue weighted by Crippen LogP contribution is -2.33. The molecule has 9 heteroatoms. The normalized spacial score (nSPS) is 13.1. The molecule has 0 radical (unpaired) electrons. The van der Waals surface area contributed by atoms with Gasteiger partial charge in [0.1, 0.15) is 10.8 Å². The minimum Gasteiger partial charge on any atom is -0.206 e. The largest absolute Gasteiger partial charge is 0.402 e. The number of benzene rings is 1. The van der Waals surface area contributed by atoms with Crippen LogP contribution in [0.3, 0.4) is 0 Å². The zero-order valence-corrected chi connectivity index (χ0v) is 12.5. The molecule has 0 saturated carbocycles. The molecule has 0 aliphatic rings. The molecule has 0 aliphatic heterocycles. The Kier molecular flexibility index (Phi) is 4.03. The molecule has 2 rings (SSSR count). The molecule has 0 bridgehead atoms. The highest BCUT2D eigenvalue weighted by atomic mass is 35.5. The van der Waals surface area contributed by atoms with E-state index in [2.05, 4.69) is 0 Å². The number of rotatable bonds is 3. The van der Waals surface area contributed by atoms with E-state index >= 15 is 0 Å². The van der Waals surface area contributed by atoms with Gasteiger partial charge in [0.25, 0.3) is 10.0 Å². The predicted octanol–water partition coefficient (Wildman–Crippen LogP) is 3.70. The molecule has 1 aromatic heterocycles. The first-order valence-electron chi connectivity index (χ1n) is 5.35. The maximum absolute atomic E-state index is 12.1. The molecule has 0 saturated heterocycles. The second-order valence-electron chi connectivity index (χ2n) is 4.09. The number of halogens is 4. The molecule has 0 fully saturated rings. The van der Waals surface area contributed by atoms with Crippen LogP contribution in [-0.2, 0) is 10.0 Å². The van der Waals surface area contributed by atoms with E-state index in [0.29, 0.717) is 20.7 Å². The van der Waals surface area contributed by atoms with Crippen molar-refractivity contribution in [2.45, 2.75) is 17.3 Å². The van der Waals surface area contributed by atoms with Crippen LogP contribution in [0, 0.1) is 6.92 Å². The summed E-state index contributed by atoms with van der Waals surface area (Å²) in [5, 5.41) is 1.06. The minimum atomic E-state index is -4.60. The first kappa shape index (κ1) is 15.6. The van der Waals surface area contributed by atoms with Crippen LogP contribution in [0.25, 0.3) is 10.1 Å². The molecule has 110 valence electrons. The van der Waals surface area contributed by atoms with Crippen LogP contribution in [0.5, 0.6) is 0 Å². The maximum Gasteiger partial charge on any atom is 0.402 e. The second kappa shape index (κ2) is 5.18. The van der Waals surface area contributed by atoms with Crippen LogP contribution in [0.4, 0.5) is 13.2 Å². The number of sulfonamides is 1. The first-order valence-corrected chi connectivity index (χ1v) is 8.03. The van der Waals surface area contributed by atoms with Crippen LogP contribution < -0.4 is 4.72 Å². The van der Waals surface area contributed by atoms with Crippen molar-refractivity contribution < 1.29 is 21.6 Å². The van der Waals surface area contributed by atoms with E-state index < -0.39 is 22.7 Å². The number of alkyl halides is 3.